The molecule has 0 aromatic heterocycles. The van der Waals surface area contributed by atoms with Crippen LogP contribution in [0.5, 0.6) is 17.2 Å². The summed E-state index contributed by atoms with van der Waals surface area (Å²) in [6, 6.07) is 29.1. The van der Waals surface area contributed by atoms with Gasteiger partial charge in [-0.25, -0.2) is 4.79 Å². The molecule has 4 heteroatoms. The number of rotatable bonds is 8. The van der Waals surface area contributed by atoms with E-state index in [4.69, 9.17) is 14.2 Å². The predicted molar refractivity (Wildman–Crippen MR) is 134 cm³/mol. The second kappa shape index (κ2) is 10.7. The molecule has 0 unspecified atom stereocenters. The Kier molecular flexibility index (Phi) is 7.28. The van der Waals surface area contributed by atoms with E-state index in [0.717, 1.165) is 22.3 Å². The summed E-state index contributed by atoms with van der Waals surface area (Å²) in [5, 5.41) is 0. The third-order valence-corrected chi connectivity index (χ3v) is 5.81. The average Bonchev–Trinajstić information content (AvgIpc) is 2.88. The molecule has 0 radical (unpaired) electrons. The minimum absolute atomic E-state index is 0.207. The second-order valence-corrected chi connectivity index (χ2v) is 8.16. The Morgan fingerprint density at radius 2 is 1.15 bits per heavy atom. The van der Waals surface area contributed by atoms with E-state index in [-0.39, 0.29) is 12.6 Å². The van der Waals surface area contributed by atoms with Crippen LogP contribution in [0.2, 0.25) is 0 Å². The molecule has 0 heterocycles. The van der Waals surface area contributed by atoms with Gasteiger partial charge in [0.1, 0.15) is 19.0 Å². The van der Waals surface area contributed by atoms with E-state index >= 15 is 0 Å². The molecule has 0 aliphatic carbocycles. The summed E-state index contributed by atoms with van der Waals surface area (Å²) in [5.41, 5.74) is 4.85. The van der Waals surface area contributed by atoms with Crippen LogP contribution >= 0.6 is 0 Å². The molecule has 0 aliphatic heterocycles. The first-order chi connectivity index (χ1) is 16.5. The third-order valence-electron chi connectivity index (χ3n) is 5.81. The highest BCUT2D eigenvalue weighted by Gasteiger charge is 2.25. The summed E-state index contributed by atoms with van der Waals surface area (Å²) in [6.45, 7) is 6.34. The van der Waals surface area contributed by atoms with Gasteiger partial charge < -0.3 is 14.2 Å². The van der Waals surface area contributed by atoms with Gasteiger partial charge in [0, 0.05) is 5.56 Å². The summed E-state index contributed by atoms with van der Waals surface area (Å²) in [6.07, 6.45) is 0. The first-order valence-electron chi connectivity index (χ1n) is 11.3. The molecule has 0 saturated carbocycles. The standard InChI is InChI=1S/C30H28O4/c1-21-22(2)28(32-19-24-13-7-4-8-14-24)29(34-26-17-11-6-12-18-26)23(3)27(21)30(31)33-20-25-15-9-5-10-16-25/h4-18H,19-20H2,1-3H3. The van der Waals surface area contributed by atoms with Gasteiger partial charge in [0.25, 0.3) is 0 Å². The average molecular weight is 453 g/mol. The summed E-state index contributed by atoms with van der Waals surface area (Å²) >= 11 is 0. The Labute approximate surface area is 200 Å². The first-order valence-corrected chi connectivity index (χ1v) is 11.3. The molecule has 172 valence electrons. The van der Waals surface area contributed by atoms with Crippen molar-refractivity contribution >= 4 is 5.97 Å². The molecule has 0 spiro atoms. The molecule has 0 amide bonds. The van der Waals surface area contributed by atoms with Gasteiger partial charge >= 0.3 is 5.97 Å². The van der Waals surface area contributed by atoms with E-state index in [0.29, 0.717) is 35.0 Å². The predicted octanol–water partition coefficient (Wildman–Crippen LogP) is 7.34. The van der Waals surface area contributed by atoms with Crippen molar-refractivity contribution in [1.82, 2.24) is 0 Å². The summed E-state index contributed by atoms with van der Waals surface area (Å²) < 4.78 is 18.2. The van der Waals surface area contributed by atoms with Crippen molar-refractivity contribution in [3.05, 3.63) is 124 Å². The number of carbonyl (C=O) groups is 1. The quantitative estimate of drug-likeness (QED) is 0.262. The van der Waals surface area contributed by atoms with Gasteiger partial charge in [-0.3, -0.25) is 0 Å². The van der Waals surface area contributed by atoms with Crippen molar-refractivity contribution in [3.8, 4) is 17.2 Å². The highest BCUT2D eigenvalue weighted by Crippen LogP contribution is 2.42. The molecule has 0 N–H and O–H groups in total. The lowest BCUT2D eigenvalue weighted by atomic mass is 9.96. The van der Waals surface area contributed by atoms with Gasteiger partial charge in [-0.2, -0.15) is 0 Å². The normalized spacial score (nSPS) is 10.6. The summed E-state index contributed by atoms with van der Waals surface area (Å²) in [7, 11) is 0. The van der Waals surface area contributed by atoms with Crippen molar-refractivity contribution in [1.29, 1.82) is 0 Å². The Hall–Kier alpha value is -4.05. The molecule has 34 heavy (non-hydrogen) atoms. The molecule has 0 saturated heterocycles. The number of esters is 1. The van der Waals surface area contributed by atoms with Crippen LogP contribution in [0.1, 0.15) is 38.2 Å². The van der Waals surface area contributed by atoms with E-state index in [1.54, 1.807) is 0 Å². The van der Waals surface area contributed by atoms with Crippen LogP contribution in [0.4, 0.5) is 0 Å². The van der Waals surface area contributed by atoms with Crippen LogP contribution < -0.4 is 9.47 Å². The smallest absolute Gasteiger partial charge is 0.339 e. The van der Waals surface area contributed by atoms with Crippen LogP contribution in [-0.2, 0) is 18.0 Å². The molecule has 0 fully saturated rings. The number of hydrogen-bond donors (Lipinski definition) is 0. The zero-order valence-electron chi connectivity index (χ0n) is 19.7. The highest BCUT2D eigenvalue weighted by atomic mass is 16.5. The first kappa shape index (κ1) is 23.1. The van der Waals surface area contributed by atoms with Crippen molar-refractivity contribution in [3.63, 3.8) is 0 Å². The number of para-hydroxylation sites is 1. The highest BCUT2D eigenvalue weighted by molar-refractivity contribution is 5.94. The molecule has 0 bridgehead atoms. The van der Waals surface area contributed by atoms with Crippen molar-refractivity contribution < 1.29 is 19.0 Å². The monoisotopic (exact) mass is 452 g/mol. The van der Waals surface area contributed by atoms with Crippen LogP contribution in [0.3, 0.4) is 0 Å². The zero-order chi connectivity index (χ0) is 23.9. The fourth-order valence-electron chi connectivity index (χ4n) is 3.83. The lowest BCUT2D eigenvalue weighted by Crippen LogP contribution is -2.13. The van der Waals surface area contributed by atoms with Crippen LogP contribution in [0, 0.1) is 20.8 Å². The van der Waals surface area contributed by atoms with E-state index in [9.17, 15) is 4.79 Å². The second-order valence-electron chi connectivity index (χ2n) is 8.16. The fourth-order valence-corrected chi connectivity index (χ4v) is 3.83. The third kappa shape index (κ3) is 5.29. The van der Waals surface area contributed by atoms with Crippen molar-refractivity contribution in [2.24, 2.45) is 0 Å². The molecule has 4 nitrogen and oxygen atoms in total. The van der Waals surface area contributed by atoms with Crippen LogP contribution in [0.15, 0.2) is 91.0 Å². The number of benzene rings is 4. The minimum atomic E-state index is -0.380. The lowest BCUT2D eigenvalue weighted by molar-refractivity contribution is 0.0470. The van der Waals surface area contributed by atoms with Gasteiger partial charge in [0.15, 0.2) is 11.5 Å². The number of hydrogen-bond acceptors (Lipinski definition) is 4. The van der Waals surface area contributed by atoms with Gasteiger partial charge in [-0.1, -0.05) is 78.9 Å². The van der Waals surface area contributed by atoms with Crippen LogP contribution in [0.25, 0.3) is 0 Å². The molecule has 4 aromatic rings. The van der Waals surface area contributed by atoms with Crippen LogP contribution in [-0.4, -0.2) is 5.97 Å². The lowest BCUT2D eigenvalue weighted by Gasteiger charge is -2.22. The Morgan fingerprint density at radius 3 is 1.74 bits per heavy atom. The largest absolute Gasteiger partial charge is 0.485 e. The molecule has 4 rings (SSSR count). The maximum absolute atomic E-state index is 13.2. The van der Waals surface area contributed by atoms with E-state index in [1.807, 2.05) is 112 Å². The van der Waals surface area contributed by atoms with Crippen molar-refractivity contribution in [2.45, 2.75) is 34.0 Å². The number of carbonyl (C=O) groups excluding carboxylic acids is 1. The van der Waals surface area contributed by atoms with Gasteiger partial charge in [-0.05, 0) is 55.2 Å². The molecule has 0 atom stereocenters. The Balaban J connectivity index is 1.70. The molecular weight excluding hydrogens is 424 g/mol. The summed E-state index contributed by atoms with van der Waals surface area (Å²) in [4.78, 5) is 13.2. The zero-order valence-corrected chi connectivity index (χ0v) is 19.7. The van der Waals surface area contributed by atoms with E-state index < -0.39 is 0 Å². The maximum atomic E-state index is 13.2. The maximum Gasteiger partial charge on any atom is 0.339 e. The fraction of sp³-hybridized carbons (Fsp3) is 0.167. The SMILES string of the molecule is Cc1c(C)c(C(=O)OCc2ccccc2)c(C)c(Oc2ccccc2)c1OCc1ccccc1. The summed E-state index contributed by atoms with van der Waals surface area (Å²) in [5.74, 6) is 1.44. The molecule has 0 aliphatic rings. The molecule has 4 aromatic carbocycles. The van der Waals surface area contributed by atoms with Crippen molar-refractivity contribution in [2.75, 3.05) is 0 Å². The van der Waals surface area contributed by atoms with Gasteiger partial charge in [0.2, 0.25) is 0 Å². The molecular formula is C30H28O4. The Morgan fingerprint density at radius 1 is 0.618 bits per heavy atom. The van der Waals surface area contributed by atoms with Gasteiger partial charge in [-0.15, -0.1) is 0 Å². The van der Waals surface area contributed by atoms with Gasteiger partial charge in [0.05, 0.1) is 5.56 Å². The Bertz CT molecular complexity index is 1250. The topological polar surface area (TPSA) is 44.8 Å². The minimum Gasteiger partial charge on any atom is -0.485 e. The number of ether oxygens (including phenoxy) is 3. The van der Waals surface area contributed by atoms with E-state index in [2.05, 4.69) is 0 Å². The van der Waals surface area contributed by atoms with E-state index in [1.165, 1.54) is 0 Å².